The van der Waals surface area contributed by atoms with Gasteiger partial charge in [-0.15, -0.1) is 0 Å². The van der Waals surface area contributed by atoms with Crippen LogP contribution in [-0.4, -0.2) is 44.0 Å². The highest BCUT2D eigenvalue weighted by Gasteiger charge is 2.16. The van der Waals surface area contributed by atoms with Gasteiger partial charge < -0.3 is 15.5 Å². The number of hydrogen-bond donors (Lipinski definition) is 2. The first-order chi connectivity index (χ1) is 9.00. The molecule has 0 aliphatic rings. The predicted octanol–water partition coefficient (Wildman–Crippen LogP) is 1.80. The summed E-state index contributed by atoms with van der Waals surface area (Å²) >= 11 is 0. The van der Waals surface area contributed by atoms with E-state index in [9.17, 15) is 4.79 Å². The zero-order valence-corrected chi connectivity index (χ0v) is 12.3. The minimum atomic E-state index is 0.0244. The summed E-state index contributed by atoms with van der Waals surface area (Å²) in [5.41, 5.74) is 0.964. The fourth-order valence-electron chi connectivity index (χ4n) is 2.03. The zero-order chi connectivity index (χ0) is 14.3. The summed E-state index contributed by atoms with van der Waals surface area (Å²) in [5, 5.41) is 6.07. The van der Waals surface area contributed by atoms with Crippen LogP contribution >= 0.6 is 0 Å². The molecular weight excluding hydrogens is 238 g/mol. The minimum Gasteiger partial charge on any atom is -0.376 e. The van der Waals surface area contributed by atoms with Crippen LogP contribution in [0.1, 0.15) is 13.8 Å². The fraction of sp³-hybridized carbons (Fsp3) is 0.533. The molecule has 1 amide bonds. The monoisotopic (exact) mass is 263 g/mol. The maximum atomic E-state index is 11.8. The summed E-state index contributed by atoms with van der Waals surface area (Å²) in [4.78, 5) is 13.9. The highest BCUT2D eigenvalue weighted by Crippen LogP contribution is 2.06. The molecule has 106 valence electrons. The largest absolute Gasteiger partial charge is 0.376 e. The number of para-hydroxylation sites is 1. The van der Waals surface area contributed by atoms with Crippen LogP contribution in [0.2, 0.25) is 0 Å². The van der Waals surface area contributed by atoms with Crippen LogP contribution in [0.5, 0.6) is 0 Å². The van der Waals surface area contributed by atoms with Gasteiger partial charge in [0, 0.05) is 18.3 Å². The van der Waals surface area contributed by atoms with E-state index in [1.807, 2.05) is 44.4 Å². The molecule has 0 fully saturated rings. The molecule has 0 spiro atoms. The molecule has 1 aromatic rings. The highest BCUT2D eigenvalue weighted by atomic mass is 16.1. The van der Waals surface area contributed by atoms with Crippen molar-refractivity contribution in [1.82, 2.24) is 10.2 Å². The predicted molar refractivity (Wildman–Crippen MR) is 80.3 cm³/mol. The third-order valence-electron chi connectivity index (χ3n) is 3.17. The zero-order valence-electron chi connectivity index (χ0n) is 12.3. The van der Waals surface area contributed by atoms with Crippen molar-refractivity contribution in [2.75, 3.05) is 32.5 Å². The van der Waals surface area contributed by atoms with Crippen molar-refractivity contribution in [2.24, 2.45) is 5.92 Å². The molecule has 1 atom stereocenters. The van der Waals surface area contributed by atoms with Gasteiger partial charge >= 0.3 is 0 Å². The first-order valence-electron chi connectivity index (χ1n) is 6.72. The number of hydrogen-bond acceptors (Lipinski definition) is 3. The minimum absolute atomic E-state index is 0.0244. The van der Waals surface area contributed by atoms with E-state index in [1.54, 1.807) is 0 Å². The van der Waals surface area contributed by atoms with Gasteiger partial charge in [-0.05, 0) is 32.1 Å². The Kier molecular flexibility index (Phi) is 6.36. The number of amides is 1. The molecule has 0 aliphatic heterocycles. The number of anilines is 1. The Morgan fingerprint density at radius 2 is 1.84 bits per heavy atom. The standard InChI is InChI=1S/C15H25N3O/c1-12(2)14(18(3)4)10-17-15(19)11-16-13-8-6-5-7-9-13/h5-9,12,14,16H,10-11H2,1-4H3,(H,17,19). The van der Waals surface area contributed by atoms with Gasteiger partial charge in [0.1, 0.15) is 0 Å². The van der Waals surface area contributed by atoms with E-state index in [4.69, 9.17) is 0 Å². The Morgan fingerprint density at radius 3 is 2.37 bits per heavy atom. The number of nitrogens with zero attached hydrogens (tertiary/aromatic N) is 1. The number of carbonyl (C=O) groups excluding carboxylic acids is 1. The van der Waals surface area contributed by atoms with Gasteiger partial charge in [-0.3, -0.25) is 4.79 Å². The molecule has 0 aliphatic carbocycles. The second-order valence-electron chi connectivity index (χ2n) is 5.30. The van der Waals surface area contributed by atoms with Gasteiger partial charge in [0.15, 0.2) is 0 Å². The quantitative estimate of drug-likeness (QED) is 0.788. The molecular formula is C15H25N3O. The van der Waals surface area contributed by atoms with E-state index in [1.165, 1.54) is 0 Å². The van der Waals surface area contributed by atoms with Crippen LogP contribution in [-0.2, 0) is 4.79 Å². The average molecular weight is 263 g/mol. The van der Waals surface area contributed by atoms with Gasteiger partial charge in [0.05, 0.1) is 6.54 Å². The van der Waals surface area contributed by atoms with E-state index in [0.717, 1.165) is 5.69 Å². The van der Waals surface area contributed by atoms with E-state index in [-0.39, 0.29) is 5.91 Å². The van der Waals surface area contributed by atoms with Crippen molar-refractivity contribution >= 4 is 11.6 Å². The van der Waals surface area contributed by atoms with Crippen molar-refractivity contribution in [3.05, 3.63) is 30.3 Å². The van der Waals surface area contributed by atoms with Crippen LogP contribution in [0.4, 0.5) is 5.69 Å². The molecule has 0 bridgehead atoms. The van der Waals surface area contributed by atoms with Crippen LogP contribution in [0.25, 0.3) is 0 Å². The maximum absolute atomic E-state index is 11.8. The average Bonchev–Trinajstić information content (AvgIpc) is 2.37. The Hall–Kier alpha value is -1.55. The molecule has 1 aromatic carbocycles. The van der Waals surface area contributed by atoms with Crippen LogP contribution in [0.15, 0.2) is 30.3 Å². The summed E-state index contributed by atoms with van der Waals surface area (Å²) in [6, 6.07) is 10.1. The highest BCUT2D eigenvalue weighted by molar-refractivity contribution is 5.80. The summed E-state index contributed by atoms with van der Waals surface area (Å²) < 4.78 is 0. The molecule has 1 unspecified atom stereocenters. The van der Waals surface area contributed by atoms with Crippen LogP contribution in [0.3, 0.4) is 0 Å². The second kappa shape index (κ2) is 7.79. The molecule has 19 heavy (non-hydrogen) atoms. The number of rotatable bonds is 7. The van der Waals surface area contributed by atoms with Crippen molar-refractivity contribution in [3.8, 4) is 0 Å². The SMILES string of the molecule is CC(C)C(CNC(=O)CNc1ccccc1)N(C)C. The van der Waals surface area contributed by atoms with Crippen molar-refractivity contribution in [3.63, 3.8) is 0 Å². The third kappa shape index (κ3) is 5.75. The van der Waals surface area contributed by atoms with E-state index in [0.29, 0.717) is 25.0 Å². The van der Waals surface area contributed by atoms with Gasteiger partial charge in [0.25, 0.3) is 0 Å². The molecule has 1 rings (SSSR count). The number of carbonyl (C=O) groups is 1. The molecule has 0 radical (unpaired) electrons. The van der Waals surface area contributed by atoms with Gasteiger partial charge in [0.2, 0.25) is 5.91 Å². The van der Waals surface area contributed by atoms with Crippen molar-refractivity contribution in [2.45, 2.75) is 19.9 Å². The molecule has 0 aromatic heterocycles. The van der Waals surface area contributed by atoms with E-state index < -0.39 is 0 Å². The normalized spacial score (nSPS) is 12.5. The Balaban J connectivity index is 2.31. The van der Waals surface area contributed by atoms with Gasteiger partial charge in [-0.1, -0.05) is 32.0 Å². The van der Waals surface area contributed by atoms with Gasteiger partial charge in [-0.25, -0.2) is 0 Å². The van der Waals surface area contributed by atoms with Crippen molar-refractivity contribution in [1.29, 1.82) is 0 Å². The summed E-state index contributed by atoms with van der Waals surface area (Å²) in [7, 11) is 4.08. The molecule has 2 N–H and O–H groups in total. The van der Waals surface area contributed by atoms with Crippen LogP contribution < -0.4 is 10.6 Å². The first kappa shape index (κ1) is 15.5. The van der Waals surface area contributed by atoms with Gasteiger partial charge in [-0.2, -0.15) is 0 Å². The molecule has 0 saturated heterocycles. The fourth-order valence-corrected chi connectivity index (χ4v) is 2.03. The lowest BCUT2D eigenvalue weighted by molar-refractivity contribution is -0.119. The molecule has 4 heteroatoms. The Bertz CT molecular complexity index is 368. The molecule has 0 saturated carbocycles. The summed E-state index contributed by atoms with van der Waals surface area (Å²) in [5.74, 6) is 0.536. The smallest absolute Gasteiger partial charge is 0.239 e. The van der Waals surface area contributed by atoms with Crippen molar-refractivity contribution < 1.29 is 4.79 Å². The third-order valence-corrected chi connectivity index (χ3v) is 3.17. The molecule has 0 heterocycles. The lowest BCUT2D eigenvalue weighted by Crippen LogP contribution is -2.44. The second-order valence-corrected chi connectivity index (χ2v) is 5.30. The van der Waals surface area contributed by atoms with E-state index in [2.05, 4.69) is 29.4 Å². The lowest BCUT2D eigenvalue weighted by Gasteiger charge is -2.28. The number of likely N-dealkylation sites (N-methyl/N-ethyl adjacent to an activating group) is 1. The number of benzene rings is 1. The Morgan fingerprint density at radius 1 is 1.21 bits per heavy atom. The molecule has 4 nitrogen and oxygen atoms in total. The summed E-state index contributed by atoms with van der Waals surface area (Å²) in [6.45, 7) is 5.32. The lowest BCUT2D eigenvalue weighted by atomic mass is 10.0. The summed E-state index contributed by atoms with van der Waals surface area (Å²) in [6.07, 6.45) is 0. The first-order valence-corrected chi connectivity index (χ1v) is 6.72. The van der Waals surface area contributed by atoms with Crippen LogP contribution in [0, 0.1) is 5.92 Å². The Labute approximate surface area is 116 Å². The maximum Gasteiger partial charge on any atom is 0.239 e. The van der Waals surface area contributed by atoms with E-state index >= 15 is 0 Å². The topological polar surface area (TPSA) is 44.4 Å². The number of nitrogens with one attached hydrogen (secondary N) is 2.